The van der Waals surface area contributed by atoms with Crippen molar-refractivity contribution in [2.75, 3.05) is 13.4 Å². The van der Waals surface area contributed by atoms with Crippen molar-refractivity contribution in [2.45, 2.75) is 9.79 Å². The van der Waals surface area contributed by atoms with Crippen molar-refractivity contribution in [3.05, 3.63) is 83.9 Å². The first kappa shape index (κ1) is 21.5. The SMILES string of the molecule is COc1ccc(C(=O)c2ccccc2)c(OS(=O)(=O)c2cccc(S(C)(=O)=O)c2)c1. The van der Waals surface area contributed by atoms with Crippen molar-refractivity contribution in [3.8, 4) is 11.5 Å². The molecule has 0 aromatic heterocycles. The first-order valence-corrected chi connectivity index (χ1v) is 11.9. The Kier molecular flexibility index (Phi) is 5.95. The van der Waals surface area contributed by atoms with Crippen molar-refractivity contribution in [2.24, 2.45) is 0 Å². The second-order valence-electron chi connectivity index (χ2n) is 6.34. The molecule has 9 heteroatoms. The van der Waals surface area contributed by atoms with Crippen molar-refractivity contribution in [1.82, 2.24) is 0 Å². The first-order chi connectivity index (χ1) is 14.1. The highest BCUT2D eigenvalue weighted by Crippen LogP contribution is 2.30. The maximum Gasteiger partial charge on any atom is 0.339 e. The maximum absolute atomic E-state index is 12.9. The molecule has 0 saturated heterocycles. The predicted molar refractivity (Wildman–Crippen MR) is 110 cm³/mol. The molecular weight excluding hydrogens is 428 g/mol. The highest BCUT2D eigenvalue weighted by molar-refractivity contribution is 7.90. The Bertz CT molecular complexity index is 1300. The van der Waals surface area contributed by atoms with Crippen LogP contribution in [0.25, 0.3) is 0 Å². The third-order valence-electron chi connectivity index (χ3n) is 4.19. The minimum atomic E-state index is -4.43. The summed E-state index contributed by atoms with van der Waals surface area (Å²) in [5.41, 5.74) is 0.369. The Labute approximate surface area is 174 Å². The van der Waals surface area contributed by atoms with Gasteiger partial charge in [-0.05, 0) is 30.3 Å². The summed E-state index contributed by atoms with van der Waals surface area (Å²) in [6, 6.07) is 17.3. The monoisotopic (exact) mass is 446 g/mol. The summed E-state index contributed by atoms with van der Waals surface area (Å²) in [4.78, 5) is 12.4. The molecule has 0 spiro atoms. The summed E-state index contributed by atoms with van der Waals surface area (Å²) in [5, 5.41) is 0. The average Bonchev–Trinajstić information content (AvgIpc) is 2.73. The van der Waals surface area contributed by atoms with Crippen molar-refractivity contribution >= 4 is 25.7 Å². The van der Waals surface area contributed by atoms with Gasteiger partial charge in [0.25, 0.3) is 0 Å². The van der Waals surface area contributed by atoms with E-state index >= 15 is 0 Å². The summed E-state index contributed by atoms with van der Waals surface area (Å²) in [7, 11) is -6.66. The second kappa shape index (κ2) is 8.29. The van der Waals surface area contributed by atoms with E-state index in [1.807, 2.05) is 0 Å². The number of ether oxygens (including phenoxy) is 1. The zero-order valence-electron chi connectivity index (χ0n) is 16.1. The minimum Gasteiger partial charge on any atom is -0.497 e. The lowest BCUT2D eigenvalue weighted by Gasteiger charge is -2.13. The average molecular weight is 447 g/mol. The molecule has 0 radical (unpaired) electrons. The quantitative estimate of drug-likeness (QED) is 0.406. The molecule has 0 unspecified atom stereocenters. The van der Waals surface area contributed by atoms with Crippen LogP contribution in [0.1, 0.15) is 15.9 Å². The second-order valence-corrected chi connectivity index (χ2v) is 9.90. The van der Waals surface area contributed by atoms with E-state index in [-0.39, 0.29) is 26.9 Å². The van der Waals surface area contributed by atoms with E-state index in [0.717, 1.165) is 12.3 Å². The molecule has 0 aliphatic rings. The van der Waals surface area contributed by atoms with Gasteiger partial charge < -0.3 is 8.92 Å². The molecule has 3 aromatic rings. The highest BCUT2D eigenvalue weighted by atomic mass is 32.2. The molecule has 3 aromatic carbocycles. The van der Waals surface area contributed by atoms with Gasteiger partial charge in [0.15, 0.2) is 21.4 Å². The molecule has 0 aliphatic carbocycles. The van der Waals surface area contributed by atoms with Crippen LogP contribution < -0.4 is 8.92 Å². The van der Waals surface area contributed by atoms with Gasteiger partial charge in [-0.25, -0.2) is 8.42 Å². The van der Waals surface area contributed by atoms with E-state index in [1.165, 1.54) is 43.5 Å². The molecule has 7 nitrogen and oxygen atoms in total. The van der Waals surface area contributed by atoms with Crippen molar-refractivity contribution in [3.63, 3.8) is 0 Å². The Hall–Kier alpha value is -3.17. The van der Waals surface area contributed by atoms with E-state index < -0.39 is 25.7 Å². The molecule has 0 heterocycles. The minimum absolute atomic E-state index is 0.0184. The third kappa shape index (κ3) is 4.69. The number of hydrogen-bond donors (Lipinski definition) is 0. The Morgan fingerprint density at radius 1 is 0.800 bits per heavy atom. The highest BCUT2D eigenvalue weighted by Gasteiger charge is 2.24. The number of rotatable bonds is 7. The topological polar surface area (TPSA) is 104 Å². The van der Waals surface area contributed by atoms with Crippen LogP contribution in [-0.2, 0) is 20.0 Å². The summed E-state index contributed by atoms with van der Waals surface area (Å²) < 4.78 is 59.5. The Balaban J connectivity index is 2.06. The van der Waals surface area contributed by atoms with E-state index in [1.54, 1.807) is 30.3 Å². The van der Waals surface area contributed by atoms with Gasteiger partial charge in [-0.15, -0.1) is 0 Å². The van der Waals surface area contributed by atoms with Gasteiger partial charge in [-0.3, -0.25) is 4.79 Å². The predicted octanol–water partition coefficient (Wildman–Crippen LogP) is 3.10. The largest absolute Gasteiger partial charge is 0.497 e. The van der Waals surface area contributed by atoms with Crippen LogP contribution in [0.3, 0.4) is 0 Å². The van der Waals surface area contributed by atoms with Gasteiger partial charge >= 0.3 is 10.1 Å². The molecule has 0 saturated carbocycles. The molecule has 0 amide bonds. The fraction of sp³-hybridized carbons (Fsp3) is 0.0952. The van der Waals surface area contributed by atoms with Gasteiger partial charge in [0.1, 0.15) is 10.6 Å². The molecule has 156 valence electrons. The number of benzene rings is 3. The van der Waals surface area contributed by atoms with Crippen LogP contribution in [0.15, 0.2) is 82.6 Å². The standard InChI is InChI=1S/C21H18O7S2/c1-27-16-11-12-19(21(22)15-7-4-3-5-8-15)20(13-16)28-30(25,26)18-10-6-9-17(14-18)29(2,23)24/h3-14H,1-2H3. The molecule has 0 atom stereocenters. The van der Waals surface area contributed by atoms with E-state index in [2.05, 4.69) is 0 Å². The summed E-state index contributed by atoms with van der Waals surface area (Å²) in [6.45, 7) is 0. The van der Waals surface area contributed by atoms with Gasteiger partial charge in [0.2, 0.25) is 0 Å². The molecule has 0 fully saturated rings. The molecule has 0 aliphatic heterocycles. The number of carbonyl (C=O) groups excluding carboxylic acids is 1. The van der Waals surface area contributed by atoms with E-state index in [0.29, 0.717) is 5.56 Å². The molecule has 0 bridgehead atoms. The maximum atomic E-state index is 12.9. The van der Waals surface area contributed by atoms with Gasteiger partial charge in [0, 0.05) is 17.9 Å². The van der Waals surface area contributed by atoms with Crippen LogP contribution in [0.5, 0.6) is 11.5 Å². The Morgan fingerprint density at radius 2 is 1.47 bits per heavy atom. The number of carbonyl (C=O) groups is 1. The van der Waals surface area contributed by atoms with E-state index in [9.17, 15) is 21.6 Å². The van der Waals surface area contributed by atoms with Gasteiger partial charge in [-0.1, -0.05) is 36.4 Å². The summed E-state index contributed by atoms with van der Waals surface area (Å²) >= 11 is 0. The number of methoxy groups -OCH3 is 1. The molecular formula is C21H18O7S2. The van der Waals surface area contributed by atoms with Gasteiger partial charge in [0.05, 0.1) is 17.6 Å². The van der Waals surface area contributed by atoms with Crippen molar-refractivity contribution in [1.29, 1.82) is 0 Å². The van der Waals surface area contributed by atoms with E-state index in [4.69, 9.17) is 8.92 Å². The number of ketones is 1. The lowest BCUT2D eigenvalue weighted by molar-refractivity contribution is 0.103. The molecule has 3 rings (SSSR count). The van der Waals surface area contributed by atoms with Gasteiger partial charge in [-0.2, -0.15) is 8.42 Å². The summed E-state index contributed by atoms with van der Waals surface area (Å²) in [6.07, 6.45) is 0.971. The number of hydrogen-bond acceptors (Lipinski definition) is 7. The van der Waals surface area contributed by atoms with Crippen LogP contribution in [0.2, 0.25) is 0 Å². The third-order valence-corrected chi connectivity index (χ3v) is 6.53. The zero-order chi connectivity index (χ0) is 21.9. The lowest BCUT2D eigenvalue weighted by Crippen LogP contribution is -2.14. The first-order valence-electron chi connectivity index (χ1n) is 8.64. The van der Waals surface area contributed by atoms with Crippen LogP contribution in [0.4, 0.5) is 0 Å². The fourth-order valence-electron chi connectivity index (χ4n) is 2.66. The van der Waals surface area contributed by atoms with Crippen LogP contribution in [0, 0.1) is 0 Å². The summed E-state index contributed by atoms with van der Waals surface area (Å²) in [5.74, 6) is -0.379. The van der Waals surface area contributed by atoms with Crippen LogP contribution >= 0.6 is 0 Å². The Morgan fingerprint density at radius 3 is 2.10 bits per heavy atom. The number of sulfone groups is 1. The van der Waals surface area contributed by atoms with Crippen LogP contribution in [-0.4, -0.2) is 36.0 Å². The fourth-order valence-corrected chi connectivity index (χ4v) is 4.39. The smallest absolute Gasteiger partial charge is 0.339 e. The zero-order valence-corrected chi connectivity index (χ0v) is 17.7. The van der Waals surface area contributed by atoms with Crippen molar-refractivity contribution < 1.29 is 30.6 Å². The lowest BCUT2D eigenvalue weighted by atomic mass is 10.0. The molecule has 0 N–H and O–H groups in total. The normalized spacial score (nSPS) is 11.7. The molecule has 30 heavy (non-hydrogen) atoms.